The van der Waals surface area contributed by atoms with Crippen LogP contribution in [0.15, 0.2) is 53.7 Å². The van der Waals surface area contributed by atoms with Crippen LogP contribution in [0.1, 0.15) is 0 Å². The molecular weight excluding hydrogens is 414 g/mol. The Bertz CT molecular complexity index is 1020. The van der Waals surface area contributed by atoms with Gasteiger partial charge in [-0.05, 0) is 53.9 Å². The van der Waals surface area contributed by atoms with Gasteiger partial charge < -0.3 is 19.9 Å². The second-order valence-electron chi connectivity index (χ2n) is 7.22. The maximum absolute atomic E-state index is 12.7. The SMILES string of the molecule is COc1ccc(-n2nnnc2SCC(=O)Nc2ccccc2N2CCN(C)CC2)cc1. The molecule has 0 unspecified atom stereocenters. The molecule has 1 saturated heterocycles. The molecule has 0 radical (unpaired) electrons. The highest BCUT2D eigenvalue weighted by Crippen LogP contribution is 2.27. The molecule has 1 fully saturated rings. The summed E-state index contributed by atoms with van der Waals surface area (Å²) in [6.45, 7) is 3.89. The van der Waals surface area contributed by atoms with Crippen molar-refractivity contribution in [2.24, 2.45) is 0 Å². The minimum absolute atomic E-state index is 0.101. The second-order valence-corrected chi connectivity index (χ2v) is 8.16. The van der Waals surface area contributed by atoms with Crippen LogP contribution in [0.4, 0.5) is 11.4 Å². The van der Waals surface area contributed by atoms with E-state index in [9.17, 15) is 4.79 Å². The number of hydrogen-bond donors (Lipinski definition) is 1. The van der Waals surface area contributed by atoms with E-state index in [2.05, 4.69) is 43.8 Å². The van der Waals surface area contributed by atoms with E-state index in [0.717, 1.165) is 49.0 Å². The zero-order valence-electron chi connectivity index (χ0n) is 17.6. The lowest BCUT2D eigenvalue weighted by Gasteiger charge is -2.35. The summed E-state index contributed by atoms with van der Waals surface area (Å²) in [5, 5.41) is 15.4. The number of ether oxygens (including phenoxy) is 1. The van der Waals surface area contributed by atoms with Gasteiger partial charge in [0.2, 0.25) is 11.1 Å². The van der Waals surface area contributed by atoms with Gasteiger partial charge in [0.1, 0.15) is 5.75 Å². The number of para-hydroxylation sites is 2. The Kier molecular flexibility index (Phi) is 6.68. The first-order valence-electron chi connectivity index (χ1n) is 10.0. The van der Waals surface area contributed by atoms with Gasteiger partial charge in [-0.3, -0.25) is 4.79 Å². The Hall–Kier alpha value is -3.11. The number of methoxy groups -OCH3 is 1. The van der Waals surface area contributed by atoms with Crippen molar-refractivity contribution in [3.8, 4) is 11.4 Å². The molecule has 0 atom stereocenters. The summed E-state index contributed by atoms with van der Waals surface area (Å²) >= 11 is 1.29. The molecule has 3 aromatic rings. The van der Waals surface area contributed by atoms with Crippen LogP contribution < -0.4 is 15.0 Å². The number of aromatic nitrogens is 4. The molecule has 2 aromatic carbocycles. The van der Waals surface area contributed by atoms with E-state index < -0.39 is 0 Å². The van der Waals surface area contributed by atoms with Crippen LogP contribution in [0.25, 0.3) is 5.69 Å². The van der Waals surface area contributed by atoms with Crippen molar-refractivity contribution in [2.75, 3.05) is 56.3 Å². The maximum Gasteiger partial charge on any atom is 0.234 e. The molecule has 0 spiro atoms. The first kappa shape index (κ1) is 21.1. The molecule has 4 rings (SSSR count). The zero-order chi connectivity index (χ0) is 21.6. The summed E-state index contributed by atoms with van der Waals surface area (Å²) in [5.41, 5.74) is 2.68. The van der Waals surface area contributed by atoms with E-state index in [1.165, 1.54) is 11.8 Å². The Labute approximate surface area is 185 Å². The molecule has 1 amide bonds. The summed E-state index contributed by atoms with van der Waals surface area (Å²) in [6, 6.07) is 15.3. The molecule has 162 valence electrons. The number of nitrogens with one attached hydrogen (secondary N) is 1. The summed E-state index contributed by atoms with van der Waals surface area (Å²) in [4.78, 5) is 17.3. The molecule has 1 aromatic heterocycles. The molecule has 1 N–H and O–H groups in total. The molecule has 1 aliphatic rings. The van der Waals surface area contributed by atoms with Gasteiger partial charge in [-0.2, -0.15) is 4.68 Å². The number of likely N-dealkylation sites (N-methyl/N-ethyl adjacent to an activating group) is 1. The van der Waals surface area contributed by atoms with Crippen LogP contribution in [0, 0.1) is 0 Å². The van der Waals surface area contributed by atoms with E-state index in [1.54, 1.807) is 11.8 Å². The van der Waals surface area contributed by atoms with Crippen LogP contribution >= 0.6 is 11.8 Å². The number of thioether (sulfide) groups is 1. The lowest BCUT2D eigenvalue weighted by atomic mass is 10.2. The van der Waals surface area contributed by atoms with Gasteiger partial charge in [-0.25, -0.2) is 0 Å². The van der Waals surface area contributed by atoms with E-state index in [-0.39, 0.29) is 11.7 Å². The van der Waals surface area contributed by atoms with Gasteiger partial charge in [0.05, 0.1) is 29.9 Å². The van der Waals surface area contributed by atoms with Crippen molar-refractivity contribution in [3.63, 3.8) is 0 Å². The predicted molar refractivity (Wildman–Crippen MR) is 121 cm³/mol. The number of carbonyl (C=O) groups is 1. The average Bonchev–Trinajstić information content (AvgIpc) is 3.27. The number of rotatable bonds is 7. The van der Waals surface area contributed by atoms with Crippen LogP contribution in [-0.2, 0) is 4.79 Å². The lowest BCUT2D eigenvalue weighted by Crippen LogP contribution is -2.44. The summed E-state index contributed by atoms with van der Waals surface area (Å²) in [5.74, 6) is 0.855. The quantitative estimate of drug-likeness (QED) is 0.561. The fourth-order valence-electron chi connectivity index (χ4n) is 3.37. The highest BCUT2D eigenvalue weighted by molar-refractivity contribution is 7.99. The van der Waals surface area contributed by atoms with Gasteiger partial charge in [0.25, 0.3) is 0 Å². The van der Waals surface area contributed by atoms with Crippen LogP contribution in [0.2, 0.25) is 0 Å². The van der Waals surface area contributed by atoms with Gasteiger partial charge in [0, 0.05) is 26.2 Å². The van der Waals surface area contributed by atoms with Crippen LogP contribution in [-0.4, -0.2) is 77.1 Å². The highest BCUT2D eigenvalue weighted by atomic mass is 32.2. The molecule has 9 nitrogen and oxygen atoms in total. The highest BCUT2D eigenvalue weighted by Gasteiger charge is 2.18. The third-order valence-electron chi connectivity index (χ3n) is 5.11. The minimum atomic E-state index is -0.101. The van der Waals surface area contributed by atoms with Crippen molar-refractivity contribution in [1.29, 1.82) is 0 Å². The molecule has 1 aliphatic heterocycles. The van der Waals surface area contributed by atoms with Crippen molar-refractivity contribution < 1.29 is 9.53 Å². The third kappa shape index (κ3) is 5.15. The van der Waals surface area contributed by atoms with Crippen LogP contribution in [0.3, 0.4) is 0 Å². The number of tetrazole rings is 1. The molecule has 0 aliphatic carbocycles. The van der Waals surface area contributed by atoms with Crippen molar-refractivity contribution in [2.45, 2.75) is 5.16 Å². The number of benzene rings is 2. The number of anilines is 2. The Morgan fingerprint density at radius 1 is 1.10 bits per heavy atom. The van der Waals surface area contributed by atoms with E-state index in [4.69, 9.17) is 4.74 Å². The summed E-state index contributed by atoms with van der Waals surface area (Å²) in [6.07, 6.45) is 0. The van der Waals surface area contributed by atoms with E-state index in [0.29, 0.717) is 5.16 Å². The Balaban J connectivity index is 1.39. The smallest absolute Gasteiger partial charge is 0.234 e. The third-order valence-corrected chi connectivity index (χ3v) is 6.03. The number of carbonyl (C=O) groups excluding carboxylic acids is 1. The molecule has 0 bridgehead atoms. The molecular formula is C21H25N7O2S. The monoisotopic (exact) mass is 439 g/mol. The van der Waals surface area contributed by atoms with Crippen LogP contribution in [0.5, 0.6) is 5.75 Å². The number of amides is 1. The predicted octanol–water partition coefficient (Wildman–Crippen LogP) is 2.15. The van der Waals surface area contributed by atoms with Gasteiger partial charge >= 0.3 is 0 Å². The molecule has 10 heteroatoms. The zero-order valence-corrected chi connectivity index (χ0v) is 18.4. The molecule has 0 saturated carbocycles. The maximum atomic E-state index is 12.7. The number of nitrogens with zero attached hydrogens (tertiary/aromatic N) is 6. The normalized spacial score (nSPS) is 14.5. The second kappa shape index (κ2) is 9.80. The summed E-state index contributed by atoms with van der Waals surface area (Å²) < 4.78 is 6.79. The Morgan fingerprint density at radius 2 is 1.84 bits per heavy atom. The first-order valence-corrected chi connectivity index (χ1v) is 11.0. The standard InChI is InChI=1S/C21H25N7O2S/c1-26-11-13-27(14-12-26)19-6-4-3-5-18(19)22-20(29)15-31-21-23-24-25-28(21)16-7-9-17(30-2)10-8-16/h3-10H,11-15H2,1-2H3,(H,22,29). The lowest BCUT2D eigenvalue weighted by molar-refractivity contribution is -0.113. The van der Waals surface area contributed by atoms with Crippen molar-refractivity contribution in [1.82, 2.24) is 25.1 Å². The Morgan fingerprint density at radius 3 is 2.58 bits per heavy atom. The average molecular weight is 440 g/mol. The van der Waals surface area contributed by atoms with E-state index >= 15 is 0 Å². The van der Waals surface area contributed by atoms with Gasteiger partial charge in [-0.1, -0.05) is 23.9 Å². The largest absolute Gasteiger partial charge is 0.497 e. The van der Waals surface area contributed by atoms with Crippen molar-refractivity contribution in [3.05, 3.63) is 48.5 Å². The first-order chi connectivity index (χ1) is 15.1. The minimum Gasteiger partial charge on any atom is -0.497 e. The number of piperazine rings is 1. The molecule has 31 heavy (non-hydrogen) atoms. The van der Waals surface area contributed by atoms with E-state index in [1.807, 2.05) is 42.5 Å². The summed E-state index contributed by atoms with van der Waals surface area (Å²) in [7, 11) is 3.75. The topological polar surface area (TPSA) is 88.4 Å². The van der Waals surface area contributed by atoms with Gasteiger partial charge in [-0.15, -0.1) is 5.10 Å². The number of hydrogen-bond acceptors (Lipinski definition) is 8. The fraction of sp³-hybridized carbons (Fsp3) is 0.333. The fourth-order valence-corrected chi connectivity index (χ4v) is 4.06. The molecule has 2 heterocycles. The van der Waals surface area contributed by atoms with Gasteiger partial charge in [0.15, 0.2) is 0 Å². The van der Waals surface area contributed by atoms with Crippen molar-refractivity contribution >= 4 is 29.0 Å².